The summed E-state index contributed by atoms with van der Waals surface area (Å²) in [6, 6.07) is 0. The minimum atomic E-state index is -4.48. The maximum absolute atomic E-state index is 5.04. The SMILES string of the molecule is C[O][Sb]([O]C)([O]C)([O]C)[O]C. The van der Waals surface area contributed by atoms with Gasteiger partial charge in [-0.05, 0) is 0 Å². The van der Waals surface area contributed by atoms with Crippen LogP contribution in [0.1, 0.15) is 0 Å². The van der Waals surface area contributed by atoms with Gasteiger partial charge in [0, 0.05) is 0 Å². The van der Waals surface area contributed by atoms with Crippen LogP contribution in [0.4, 0.5) is 0 Å². The van der Waals surface area contributed by atoms with Crippen LogP contribution in [0.15, 0.2) is 0 Å². The second kappa shape index (κ2) is 4.03. The van der Waals surface area contributed by atoms with Gasteiger partial charge in [0.05, 0.1) is 0 Å². The van der Waals surface area contributed by atoms with Crippen molar-refractivity contribution in [3.05, 3.63) is 0 Å². The Bertz CT molecular complexity index is 87.2. The molecular weight excluding hydrogens is 262 g/mol. The molecule has 0 aliphatic heterocycles. The zero-order valence-corrected chi connectivity index (χ0v) is 10.0. The third-order valence-electron chi connectivity index (χ3n) is 1.49. The average molecular weight is 277 g/mol. The molecule has 0 radical (unpaired) electrons. The van der Waals surface area contributed by atoms with Gasteiger partial charge in [-0.15, -0.1) is 0 Å². The van der Waals surface area contributed by atoms with E-state index < -0.39 is 19.5 Å². The molecule has 0 rings (SSSR count). The molecule has 0 fully saturated rings. The summed E-state index contributed by atoms with van der Waals surface area (Å²) in [5.74, 6) is 0. The van der Waals surface area contributed by atoms with Crippen molar-refractivity contribution in [1.29, 1.82) is 0 Å². The van der Waals surface area contributed by atoms with Crippen molar-refractivity contribution in [2.45, 2.75) is 0 Å². The van der Waals surface area contributed by atoms with Crippen LogP contribution in [-0.2, 0) is 15.1 Å². The van der Waals surface area contributed by atoms with Crippen molar-refractivity contribution < 1.29 is 15.1 Å². The van der Waals surface area contributed by atoms with E-state index in [0.717, 1.165) is 0 Å². The monoisotopic (exact) mass is 276 g/mol. The van der Waals surface area contributed by atoms with Crippen LogP contribution in [0.3, 0.4) is 0 Å². The van der Waals surface area contributed by atoms with E-state index >= 15 is 0 Å². The summed E-state index contributed by atoms with van der Waals surface area (Å²) in [4.78, 5) is 0. The van der Waals surface area contributed by atoms with Crippen molar-refractivity contribution >= 4 is 19.5 Å². The molecule has 6 heteroatoms. The van der Waals surface area contributed by atoms with Gasteiger partial charge in [-0.25, -0.2) is 0 Å². The predicted molar refractivity (Wildman–Crippen MR) is 40.8 cm³/mol. The summed E-state index contributed by atoms with van der Waals surface area (Å²) in [5.41, 5.74) is 0. The molecule has 11 heavy (non-hydrogen) atoms. The fourth-order valence-corrected chi connectivity index (χ4v) is 5.00. The molecule has 0 unspecified atom stereocenters. The van der Waals surface area contributed by atoms with Crippen LogP contribution in [-0.4, -0.2) is 55.0 Å². The third-order valence-corrected chi connectivity index (χ3v) is 10.0. The molecule has 0 spiro atoms. The first-order valence-electron chi connectivity index (χ1n) is 2.95. The Labute approximate surface area is 70.4 Å². The van der Waals surface area contributed by atoms with Gasteiger partial charge < -0.3 is 0 Å². The second-order valence-corrected chi connectivity index (χ2v) is 11.1. The fourth-order valence-electron chi connectivity index (χ4n) is 0.745. The van der Waals surface area contributed by atoms with Gasteiger partial charge in [0.1, 0.15) is 0 Å². The third kappa shape index (κ3) is 1.86. The topological polar surface area (TPSA) is 46.2 Å². The average Bonchev–Trinajstić information content (AvgIpc) is 2.12. The van der Waals surface area contributed by atoms with Gasteiger partial charge in [0.25, 0.3) is 0 Å². The van der Waals surface area contributed by atoms with Crippen molar-refractivity contribution in [2.24, 2.45) is 0 Å². The zero-order chi connectivity index (χ0) is 8.98. The van der Waals surface area contributed by atoms with E-state index in [2.05, 4.69) is 0 Å². The summed E-state index contributed by atoms with van der Waals surface area (Å²) in [5, 5.41) is 0. The Morgan fingerprint density at radius 3 is 0.727 bits per heavy atom. The molecule has 5 nitrogen and oxygen atoms in total. The maximum atomic E-state index is 5.04. The Kier molecular flexibility index (Phi) is 4.25. The summed E-state index contributed by atoms with van der Waals surface area (Å²) >= 11 is -4.48. The Morgan fingerprint density at radius 2 is 0.727 bits per heavy atom. The Balaban J connectivity index is 4.67. The van der Waals surface area contributed by atoms with E-state index in [1.807, 2.05) is 0 Å². The van der Waals surface area contributed by atoms with Crippen LogP contribution < -0.4 is 0 Å². The predicted octanol–water partition coefficient (Wildman–Crippen LogP) is 0.105. The molecule has 0 aliphatic rings. The van der Waals surface area contributed by atoms with Crippen molar-refractivity contribution in [3.8, 4) is 0 Å². The second-order valence-electron chi connectivity index (χ2n) is 1.66. The van der Waals surface area contributed by atoms with Crippen LogP contribution in [0.25, 0.3) is 0 Å². The summed E-state index contributed by atoms with van der Waals surface area (Å²) in [7, 11) is 7.16. The first-order valence-corrected chi connectivity index (χ1v) is 8.16. The summed E-state index contributed by atoms with van der Waals surface area (Å²) in [6.45, 7) is 0. The molecule has 0 atom stereocenters. The summed E-state index contributed by atoms with van der Waals surface area (Å²) < 4.78 is 25.2. The summed E-state index contributed by atoms with van der Waals surface area (Å²) in [6.07, 6.45) is 0. The van der Waals surface area contributed by atoms with Gasteiger partial charge in [-0.3, -0.25) is 0 Å². The molecule has 0 bridgehead atoms. The Hall–Kier alpha value is 0.618. The molecule has 0 saturated carbocycles. The molecule has 0 amide bonds. The van der Waals surface area contributed by atoms with Crippen molar-refractivity contribution in [3.63, 3.8) is 0 Å². The van der Waals surface area contributed by atoms with Crippen molar-refractivity contribution in [2.75, 3.05) is 35.5 Å². The molecule has 0 aromatic carbocycles. The number of hydrogen-bond donors (Lipinski definition) is 0. The molecule has 0 aromatic heterocycles. The van der Waals surface area contributed by atoms with Gasteiger partial charge >= 0.3 is 70.1 Å². The van der Waals surface area contributed by atoms with Crippen LogP contribution in [0.2, 0.25) is 0 Å². The van der Waals surface area contributed by atoms with Gasteiger partial charge in [-0.2, -0.15) is 0 Å². The fraction of sp³-hybridized carbons (Fsp3) is 1.00. The normalized spacial score (nSPS) is 15.9. The van der Waals surface area contributed by atoms with E-state index in [-0.39, 0.29) is 0 Å². The molecule has 0 heterocycles. The first kappa shape index (κ1) is 11.6. The van der Waals surface area contributed by atoms with E-state index in [9.17, 15) is 0 Å². The molecule has 0 N–H and O–H groups in total. The van der Waals surface area contributed by atoms with Crippen LogP contribution in [0.5, 0.6) is 0 Å². The van der Waals surface area contributed by atoms with E-state index in [0.29, 0.717) is 0 Å². The minimum absolute atomic E-state index is 1.43. The standard InChI is InChI=1S/5CH3O.Sb/c5*1-2;/h5*1H3;/q5*-1;+5. The quantitative estimate of drug-likeness (QED) is 0.667. The Morgan fingerprint density at radius 1 is 0.545 bits per heavy atom. The van der Waals surface area contributed by atoms with Gasteiger partial charge in [-0.1, -0.05) is 0 Å². The first-order chi connectivity index (χ1) is 5.12. The van der Waals surface area contributed by atoms with Gasteiger partial charge in [0.2, 0.25) is 0 Å². The zero-order valence-electron chi connectivity index (χ0n) is 7.49. The van der Waals surface area contributed by atoms with Crippen molar-refractivity contribution in [1.82, 2.24) is 0 Å². The van der Waals surface area contributed by atoms with E-state index in [4.69, 9.17) is 15.1 Å². The van der Waals surface area contributed by atoms with E-state index in [1.54, 1.807) is 0 Å². The molecule has 0 aliphatic carbocycles. The molecule has 0 aromatic rings. The molecule has 70 valence electrons. The van der Waals surface area contributed by atoms with Crippen LogP contribution in [0, 0.1) is 0 Å². The van der Waals surface area contributed by atoms with E-state index in [1.165, 1.54) is 35.5 Å². The number of rotatable bonds is 5. The molecule has 0 saturated heterocycles. The van der Waals surface area contributed by atoms with Gasteiger partial charge in [0.15, 0.2) is 0 Å². The van der Waals surface area contributed by atoms with Crippen LogP contribution >= 0.6 is 0 Å². The number of hydrogen-bond acceptors (Lipinski definition) is 5. The molecular formula is C5H15O5Sb.